The highest BCUT2D eigenvalue weighted by Crippen LogP contribution is 2.20. The van der Waals surface area contributed by atoms with Crippen LogP contribution in [0.1, 0.15) is 39.0 Å². The number of carbonyl (C=O) groups is 1. The van der Waals surface area contributed by atoms with Crippen molar-refractivity contribution in [3.63, 3.8) is 0 Å². The minimum absolute atomic E-state index is 0.137. The van der Waals surface area contributed by atoms with Gasteiger partial charge in [-0.1, -0.05) is 19.3 Å². The molecule has 0 N–H and O–H groups in total. The molecule has 0 aromatic carbocycles. The molecule has 0 aromatic heterocycles. The van der Waals surface area contributed by atoms with Crippen LogP contribution in [0.4, 0.5) is 0 Å². The van der Waals surface area contributed by atoms with Gasteiger partial charge in [-0.3, -0.25) is 4.79 Å². The highest BCUT2D eigenvalue weighted by Gasteiger charge is 2.18. The molecule has 1 aliphatic carbocycles. The van der Waals surface area contributed by atoms with Crippen LogP contribution < -0.4 is 0 Å². The topological polar surface area (TPSA) is 35.5 Å². The quantitative estimate of drug-likeness (QED) is 0.652. The first-order valence-electron chi connectivity index (χ1n) is 5.43. The van der Waals surface area contributed by atoms with Gasteiger partial charge >= 0.3 is 5.97 Å². The molecule has 14 heavy (non-hydrogen) atoms. The van der Waals surface area contributed by atoms with E-state index in [-0.39, 0.29) is 11.9 Å². The van der Waals surface area contributed by atoms with Crippen LogP contribution in [-0.4, -0.2) is 25.8 Å². The van der Waals surface area contributed by atoms with Gasteiger partial charge in [-0.05, 0) is 19.8 Å². The summed E-state index contributed by atoms with van der Waals surface area (Å²) >= 11 is 0. The Kier molecular flexibility index (Phi) is 4.94. The number of methoxy groups -OCH3 is 1. The molecule has 0 radical (unpaired) electrons. The van der Waals surface area contributed by atoms with Gasteiger partial charge in [-0.2, -0.15) is 0 Å². The van der Waals surface area contributed by atoms with Crippen LogP contribution in [0, 0.1) is 5.92 Å². The lowest BCUT2D eigenvalue weighted by Crippen LogP contribution is -2.24. The fourth-order valence-electron chi connectivity index (χ4n) is 1.78. The average Bonchev–Trinajstić information content (AvgIpc) is 2.26. The van der Waals surface area contributed by atoms with Gasteiger partial charge in [-0.25, -0.2) is 0 Å². The minimum atomic E-state index is -0.180. The highest BCUT2D eigenvalue weighted by molar-refractivity contribution is 5.71. The first kappa shape index (κ1) is 11.5. The molecule has 1 unspecified atom stereocenters. The molecule has 0 bridgehead atoms. The van der Waals surface area contributed by atoms with E-state index >= 15 is 0 Å². The molecule has 82 valence electrons. The maximum Gasteiger partial charge on any atom is 0.310 e. The van der Waals surface area contributed by atoms with Gasteiger partial charge in [0.25, 0.3) is 0 Å². The third-order valence-corrected chi connectivity index (χ3v) is 2.74. The lowest BCUT2D eigenvalue weighted by Gasteiger charge is -2.23. The van der Waals surface area contributed by atoms with E-state index in [1.807, 2.05) is 6.92 Å². The van der Waals surface area contributed by atoms with Crippen LogP contribution in [0.3, 0.4) is 0 Å². The van der Waals surface area contributed by atoms with E-state index < -0.39 is 0 Å². The summed E-state index contributed by atoms with van der Waals surface area (Å²) in [5, 5.41) is 0. The van der Waals surface area contributed by atoms with Gasteiger partial charge in [0.1, 0.15) is 0 Å². The van der Waals surface area contributed by atoms with Crippen LogP contribution in [0.25, 0.3) is 0 Å². The Morgan fingerprint density at radius 3 is 2.57 bits per heavy atom. The molecule has 3 nitrogen and oxygen atoms in total. The van der Waals surface area contributed by atoms with Crippen molar-refractivity contribution in [1.82, 2.24) is 0 Å². The summed E-state index contributed by atoms with van der Waals surface area (Å²) < 4.78 is 10.3. The number of hydrogen-bond acceptors (Lipinski definition) is 3. The molecule has 0 saturated heterocycles. The zero-order chi connectivity index (χ0) is 10.4. The van der Waals surface area contributed by atoms with Crippen molar-refractivity contribution < 1.29 is 14.3 Å². The second-order valence-corrected chi connectivity index (χ2v) is 4.02. The van der Waals surface area contributed by atoms with Crippen molar-refractivity contribution in [2.75, 3.05) is 13.7 Å². The smallest absolute Gasteiger partial charge is 0.310 e. The van der Waals surface area contributed by atoms with E-state index in [9.17, 15) is 4.79 Å². The fraction of sp³-hybridized carbons (Fsp3) is 0.909. The molecule has 1 saturated carbocycles. The van der Waals surface area contributed by atoms with Crippen molar-refractivity contribution in [3.05, 3.63) is 0 Å². The molecule has 1 fully saturated rings. The van der Waals surface area contributed by atoms with E-state index in [4.69, 9.17) is 4.74 Å². The lowest BCUT2D eigenvalue weighted by atomic mass is 9.98. The molecule has 0 spiro atoms. The minimum Gasteiger partial charge on any atom is -0.469 e. The first-order valence-corrected chi connectivity index (χ1v) is 5.43. The van der Waals surface area contributed by atoms with E-state index in [0.29, 0.717) is 12.7 Å². The summed E-state index contributed by atoms with van der Waals surface area (Å²) in [5.41, 5.74) is 0. The maximum atomic E-state index is 11.1. The van der Waals surface area contributed by atoms with Crippen LogP contribution in [0.15, 0.2) is 0 Å². The monoisotopic (exact) mass is 200 g/mol. The van der Waals surface area contributed by atoms with Crippen molar-refractivity contribution in [3.8, 4) is 0 Å². The molecule has 0 amide bonds. The Bertz CT molecular complexity index is 173. The first-order chi connectivity index (χ1) is 6.74. The van der Waals surface area contributed by atoms with Gasteiger partial charge in [0.2, 0.25) is 0 Å². The summed E-state index contributed by atoms with van der Waals surface area (Å²) in [7, 11) is 1.42. The third-order valence-electron chi connectivity index (χ3n) is 2.74. The standard InChI is InChI=1S/C11H20O3/c1-9(11(12)13-2)8-14-10-6-4-3-5-7-10/h9-10H,3-8H2,1-2H3. The predicted octanol–water partition coefficient (Wildman–Crippen LogP) is 2.14. The molecule has 1 aliphatic rings. The predicted molar refractivity (Wildman–Crippen MR) is 54.0 cm³/mol. The van der Waals surface area contributed by atoms with Gasteiger partial charge in [0, 0.05) is 0 Å². The maximum absolute atomic E-state index is 11.1. The molecule has 1 atom stereocenters. The SMILES string of the molecule is COC(=O)C(C)COC1CCCCC1. The van der Waals surface area contributed by atoms with Crippen LogP contribution in [-0.2, 0) is 14.3 Å². The Hall–Kier alpha value is -0.570. The van der Waals surface area contributed by atoms with Crippen molar-refractivity contribution in [1.29, 1.82) is 0 Å². The second-order valence-electron chi connectivity index (χ2n) is 4.02. The normalized spacial score (nSPS) is 20.4. The molecule has 0 heterocycles. The van der Waals surface area contributed by atoms with Crippen LogP contribution in [0.2, 0.25) is 0 Å². The molecule has 1 rings (SSSR count). The van der Waals surface area contributed by atoms with Gasteiger partial charge < -0.3 is 9.47 Å². The van der Waals surface area contributed by atoms with E-state index in [1.165, 1.54) is 26.4 Å². The molecule has 0 aliphatic heterocycles. The second kappa shape index (κ2) is 6.02. The summed E-state index contributed by atoms with van der Waals surface area (Å²) in [6.07, 6.45) is 6.51. The Balaban J connectivity index is 2.15. The molecule has 0 aromatic rings. The van der Waals surface area contributed by atoms with E-state index in [0.717, 1.165) is 12.8 Å². The van der Waals surface area contributed by atoms with E-state index in [2.05, 4.69) is 4.74 Å². The van der Waals surface area contributed by atoms with E-state index in [1.54, 1.807) is 0 Å². The fourth-order valence-corrected chi connectivity index (χ4v) is 1.78. The number of hydrogen-bond donors (Lipinski definition) is 0. The largest absolute Gasteiger partial charge is 0.469 e. The Labute approximate surface area is 85.8 Å². The summed E-state index contributed by atoms with van der Waals surface area (Å²) in [5.74, 6) is -0.317. The number of carbonyl (C=O) groups excluding carboxylic acids is 1. The summed E-state index contributed by atoms with van der Waals surface area (Å²) in [6.45, 7) is 2.34. The highest BCUT2D eigenvalue weighted by atomic mass is 16.5. The van der Waals surface area contributed by atoms with Gasteiger partial charge in [-0.15, -0.1) is 0 Å². The zero-order valence-corrected chi connectivity index (χ0v) is 9.12. The van der Waals surface area contributed by atoms with Gasteiger partial charge in [0.05, 0.1) is 25.7 Å². The number of esters is 1. The van der Waals surface area contributed by atoms with Crippen molar-refractivity contribution in [2.24, 2.45) is 5.92 Å². The molecular formula is C11H20O3. The third kappa shape index (κ3) is 3.66. The number of ether oxygens (including phenoxy) is 2. The lowest BCUT2D eigenvalue weighted by molar-refractivity contribution is -0.147. The Morgan fingerprint density at radius 2 is 2.00 bits per heavy atom. The molecule has 3 heteroatoms. The average molecular weight is 200 g/mol. The zero-order valence-electron chi connectivity index (χ0n) is 9.12. The summed E-state index contributed by atoms with van der Waals surface area (Å²) in [4.78, 5) is 11.1. The number of rotatable bonds is 4. The molecular weight excluding hydrogens is 180 g/mol. The summed E-state index contributed by atoms with van der Waals surface area (Å²) in [6, 6.07) is 0. The van der Waals surface area contributed by atoms with Gasteiger partial charge in [0.15, 0.2) is 0 Å². The van der Waals surface area contributed by atoms with Crippen LogP contribution >= 0.6 is 0 Å². The Morgan fingerprint density at radius 1 is 1.36 bits per heavy atom. The van der Waals surface area contributed by atoms with Crippen LogP contribution in [0.5, 0.6) is 0 Å². The van der Waals surface area contributed by atoms with Crippen molar-refractivity contribution >= 4 is 5.97 Å². The van der Waals surface area contributed by atoms with Crippen molar-refractivity contribution in [2.45, 2.75) is 45.1 Å².